The molecule has 0 unspecified atom stereocenters. The molecule has 10 heteroatoms. The summed E-state index contributed by atoms with van der Waals surface area (Å²) in [7, 11) is 3.36. The van der Waals surface area contributed by atoms with Crippen LogP contribution in [0.15, 0.2) is 35.2 Å². The third kappa shape index (κ3) is 3.59. The van der Waals surface area contributed by atoms with Crippen molar-refractivity contribution in [2.75, 3.05) is 34.0 Å². The Morgan fingerprint density at radius 3 is 2.85 bits per heavy atom. The van der Waals surface area contributed by atoms with E-state index in [-0.39, 0.29) is 5.92 Å². The molecule has 0 saturated carbocycles. The van der Waals surface area contributed by atoms with E-state index >= 15 is 0 Å². The molecule has 1 fully saturated rings. The molecule has 6 rings (SSSR count). The van der Waals surface area contributed by atoms with Crippen molar-refractivity contribution >= 4 is 0 Å². The van der Waals surface area contributed by atoms with Gasteiger partial charge in [-0.2, -0.15) is 10.1 Å². The first-order valence-electron chi connectivity index (χ1n) is 11.5. The van der Waals surface area contributed by atoms with Crippen LogP contribution in [0.3, 0.4) is 0 Å². The minimum atomic E-state index is 0.232. The van der Waals surface area contributed by atoms with Crippen molar-refractivity contribution in [2.45, 2.75) is 31.7 Å². The summed E-state index contributed by atoms with van der Waals surface area (Å²) < 4.78 is 25.9. The molecule has 176 valence electrons. The van der Waals surface area contributed by atoms with Gasteiger partial charge in [-0.25, -0.2) is 4.98 Å². The minimum Gasteiger partial charge on any atom is -0.497 e. The number of fused-ring (bicyclic) bond motifs is 5. The Kier molecular flexibility index (Phi) is 5.39. The molecule has 0 atom stereocenters. The molecule has 0 radical (unpaired) electrons. The number of benzene rings is 1. The largest absolute Gasteiger partial charge is 0.497 e. The first-order valence-corrected chi connectivity index (χ1v) is 11.5. The highest BCUT2D eigenvalue weighted by Gasteiger charge is 2.29. The van der Waals surface area contributed by atoms with Crippen LogP contribution in [-0.2, 0) is 22.4 Å². The lowest BCUT2D eigenvalue weighted by atomic mass is 10.0. The second-order valence-corrected chi connectivity index (χ2v) is 8.57. The zero-order valence-corrected chi connectivity index (χ0v) is 19.2. The molecule has 34 heavy (non-hydrogen) atoms. The normalized spacial score (nSPS) is 15.5. The van der Waals surface area contributed by atoms with Crippen LogP contribution < -0.4 is 4.74 Å². The zero-order chi connectivity index (χ0) is 23.1. The maximum Gasteiger partial charge on any atom is 0.230 e. The van der Waals surface area contributed by atoms with Crippen molar-refractivity contribution in [3.8, 4) is 34.2 Å². The Hall–Kier alpha value is -3.50. The van der Waals surface area contributed by atoms with Crippen LogP contribution in [0.4, 0.5) is 0 Å². The Morgan fingerprint density at radius 1 is 1.15 bits per heavy atom. The number of hydrogen-bond donors (Lipinski definition) is 0. The van der Waals surface area contributed by atoms with Gasteiger partial charge >= 0.3 is 0 Å². The Labute approximate surface area is 196 Å². The van der Waals surface area contributed by atoms with E-state index in [4.69, 9.17) is 33.8 Å². The summed E-state index contributed by atoms with van der Waals surface area (Å²) in [5.74, 6) is 2.18. The average Bonchev–Trinajstić information content (AvgIpc) is 3.60. The van der Waals surface area contributed by atoms with Gasteiger partial charge < -0.3 is 23.3 Å². The maximum absolute atomic E-state index is 5.66. The van der Waals surface area contributed by atoms with Gasteiger partial charge in [0.05, 0.1) is 37.3 Å². The summed E-state index contributed by atoms with van der Waals surface area (Å²) in [6.07, 6.45) is 6.32. The second-order valence-electron chi connectivity index (χ2n) is 8.57. The molecule has 2 aliphatic heterocycles. The third-order valence-corrected chi connectivity index (χ3v) is 6.53. The molecule has 5 heterocycles. The van der Waals surface area contributed by atoms with E-state index in [2.05, 4.69) is 15.9 Å². The SMILES string of the molecule is COCCn1cc2c(n1)-c1cc(OC)ccc1-n1cnc(-c3noc(C4CCOCC4)n3)c1C2. The first-order chi connectivity index (χ1) is 16.7. The third-order valence-electron chi connectivity index (χ3n) is 6.53. The molecule has 1 saturated heterocycles. The van der Waals surface area contributed by atoms with Crippen LogP contribution in [0.5, 0.6) is 5.75 Å². The highest BCUT2D eigenvalue weighted by Crippen LogP contribution is 2.39. The van der Waals surface area contributed by atoms with Crippen LogP contribution in [-0.4, -0.2) is 63.5 Å². The monoisotopic (exact) mass is 462 g/mol. The van der Waals surface area contributed by atoms with E-state index < -0.39 is 0 Å². The van der Waals surface area contributed by atoms with Crippen LogP contribution in [0.2, 0.25) is 0 Å². The summed E-state index contributed by atoms with van der Waals surface area (Å²) in [5, 5.41) is 9.18. The van der Waals surface area contributed by atoms with Crippen molar-refractivity contribution < 1.29 is 18.7 Å². The zero-order valence-electron chi connectivity index (χ0n) is 19.2. The van der Waals surface area contributed by atoms with E-state index in [1.165, 1.54) is 0 Å². The van der Waals surface area contributed by atoms with Crippen molar-refractivity contribution in [3.63, 3.8) is 0 Å². The summed E-state index contributed by atoms with van der Waals surface area (Å²) in [6.45, 7) is 2.71. The molecule has 0 N–H and O–H groups in total. The molecule has 2 aliphatic rings. The van der Waals surface area contributed by atoms with Crippen LogP contribution in [0, 0.1) is 0 Å². The minimum absolute atomic E-state index is 0.232. The Morgan fingerprint density at radius 2 is 2.03 bits per heavy atom. The molecular formula is C24H26N6O4. The van der Waals surface area contributed by atoms with Gasteiger partial charge in [0.1, 0.15) is 17.8 Å². The van der Waals surface area contributed by atoms with Gasteiger partial charge in [0, 0.05) is 50.0 Å². The van der Waals surface area contributed by atoms with Gasteiger partial charge in [-0.15, -0.1) is 0 Å². The van der Waals surface area contributed by atoms with Crippen molar-refractivity contribution in [1.29, 1.82) is 0 Å². The first kappa shape index (κ1) is 21.1. The number of aromatic nitrogens is 6. The predicted octanol–water partition coefficient (Wildman–Crippen LogP) is 3.24. The number of ether oxygens (including phenoxy) is 3. The van der Waals surface area contributed by atoms with Crippen molar-refractivity contribution in [2.24, 2.45) is 0 Å². The number of hydrogen-bond acceptors (Lipinski definition) is 8. The molecule has 1 aromatic carbocycles. The van der Waals surface area contributed by atoms with Gasteiger partial charge in [0.25, 0.3) is 0 Å². The fraction of sp³-hybridized carbons (Fsp3) is 0.417. The van der Waals surface area contributed by atoms with E-state index in [0.717, 1.165) is 65.7 Å². The van der Waals surface area contributed by atoms with E-state index in [9.17, 15) is 0 Å². The fourth-order valence-electron chi connectivity index (χ4n) is 4.72. The van der Waals surface area contributed by atoms with Crippen molar-refractivity contribution in [1.82, 2.24) is 29.5 Å². The number of imidazole rings is 1. The maximum atomic E-state index is 5.66. The quantitative estimate of drug-likeness (QED) is 0.379. The lowest BCUT2D eigenvalue weighted by Crippen LogP contribution is -2.14. The van der Waals surface area contributed by atoms with Gasteiger partial charge in [-0.1, -0.05) is 5.16 Å². The summed E-state index contributed by atoms with van der Waals surface area (Å²) in [6, 6.07) is 6.01. The molecule has 0 spiro atoms. The van der Waals surface area contributed by atoms with Gasteiger partial charge in [-0.3, -0.25) is 4.68 Å². The second kappa shape index (κ2) is 8.69. The fourth-order valence-corrected chi connectivity index (χ4v) is 4.72. The average molecular weight is 463 g/mol. The smallest absolute Gasteiger partial charge is 0.230 e. The standard InChI is InChI=1S/C24H26N6O4/c1-31-10-7-29-13-16-11-20-22(23-26-24(34-28-23)15-5-8-33-9-6-15)25-14-30(20)19-4-3-17(32-2)12-18(19)21(16)27-29/h3-4,12-15H,5-11H2,1-2H3. The summed E-state index contributed by atoms with van der Waals surface area (Å²) in [5.41, 5.74) is 5.72. The van der Waals surface area contributed by atoms with Crippen molar-refractivity contribution in [3.05, 3.63) is 47.9 Å². The molecule has 10 nitrogen and oxygen atoms in total. The number of nitrogens with zero attached hydrogens (tertiary/aromatic N) is 6. The van der Waals surface area contributed by atoms with Gasteiger partial charge in [-0.05, 0) is 31.0 Å². The predicted molar refractivity (Wildman–Crippen MR) is 122 cm³/mol. The number of methoxy groups -OCH3 is 2. The van der Waals surface area contributed by atoms with E-state index in [1.807, 2.05) is 29.2 Å². The molecule has 3 aromatic heterocycles. The highest BCUT2D eigenvalue weighted by atomic mass is 16.5. The lowest BCUT2D eigenvalue weighted by Gasteiger charge is -2.17. The summed E-state index contributed by atoms with van der Waals surface area (Å²) >= 11 is 0. The molecule has 0 aliphatic carbocycles. The number of rotatable bonds is 6. The van der Waals surface area contributed by atoms with E-state index in [1.54, 1.807) is 14.2 Å². The lowest BCUT2D eigenvalue weighted by molar-refractivity contribution is 0.0778. The topological polar surface area (TPSA) is 102 Å². The summed E-state index contributed by atoms with van der Waals surface area (Å²) in [4.78, 5) is 9.45. The molecule has 0 bridgehead atoms. The Bertz CT molecular complexity index is 1320. The molecule has 4 aromatic rings. The van der Waals surface area contributed by atoms with Gasteiger partial charge in [0.15, 0.2) is 0 Å². The molecule has 0 amide bonds. The van der Waals surface area contributed by atoms with Crippen LogP contribution >= 0.6 is 0 Å². The molecular weight excluding hydrogens is 436 g/mol. The van der Waals surface area contributed by atoms with E-state index in [0.29, 0.717) is 31.3 Å². The van der Waals surface area contributed by atoms with Crippen LogP contribution in [0.25, 0.3) is 28.5 Å². The highest BCUT2D eigenvalue weighted by molar-refractivity contribution is 5.77. The Balaban J connectivity index is 1.44. The van der Waals surface area contributed by atoms with Crippen LogP contribution in [0.1, 0.15) is 35.9 Å². The van der Waals surface area contributed by atoms with Gasteiger partial charge in [0.2, 0.25) is 11.7 Å².